The number of amides is 2. The molecule has 0 bridgehead atoms. The van der Waals surface area contributed by atoms with E-state index in [1.807, 2.05) is 12.1 Å². The predicted octanol–water partition coefficient (Wildman–Crippen LogP) is 3.97. The number of nitrogens with zero attached hydrogens (tertiary/aromatic N) is 1. The van der Waals surface area contributed by atoms with E-state index in [2.05, 4.69) is 28.5 Å². The van der Waals surface area contributed by atoms with Crippen LogP contribution in [0.4, 0.5) is 17.1 Å². The molecule has 2 fully saturated rings. The van der Waals surface area contributed by atoms with E-state index < -0.39 is 6.10 Å². The maximum Gasteiger partial charge on any atom is 0.255 e. The molecule has 1 unspecified atom stereocenters. The summed E-state index contributed by atoms with van der Waals surface area (Å²) in [6.07, 6.45) is 3.70. The number of hydrogen-bond donors (Lipinski definition) is 2. The average molecular weight is 393 g/mol. The Hall–Kier alpha value is -2.86. The molecule has 0 saturated carbocycles. The summed E-state index contributed by atoms with van der Waals surface area (Å²) in [7, 11) is 0. The number of aryl methyl sites for hydroxylation is 1. The summed E-state index contributed by atoms with van der Waals surface area (Å²) in [5, 5.41) is 5.80. The Morgan fingerprint density at radius 1 is 1.00 bits per heavy atom. The molecule has 2 aromatic carbocycles. The summed E-state index contributed by atoms with van der Waals surface area (Å²) in [5.74, 6) is -0.361. The number of anilines is 3. The van der Waals surface area contributed by atoms with Gasteiger partial charge in [0.15, 0.2) is 0 Å². The summed E-state index contributed by atoms with van der Waals surface area (Å²) in [5.41, 5.74) is 4.25. The third kappa shape index (κ3) is 4.59. The van der Waals surface area contributed by atoms with Crippen molar-refractivity contribution in [3.8, 4) is 0 Å². The Bertz CT molecular complexity index is 900. The Morgan fingerprint density at radius 2 is 1.79 bits per heavy atom. The minimum Gasteiger partial charge on any atom is -0.371 e. The van der Waals surface area contributed by atoms with Crippen LogP contribution in [0.2, 0.25) is 0 Å². The number of carbonyl (C=O) groups excluding carboxylic acids is 2. The van der Waals surface area contributed by atoms with Crippen LogP contribution in [-0.4, -0.2) is 37.6 Å². The highest BCUT2D eigenvalue weighted by Gasteiger charge is 2.23. The summed E-state index contributed by atoms with van der Waals surface area (Å²) in [4.78, 5) is 27.3. The lowest BCUT2D eigenvalue weighted by molar-refractivity contribution is -0.124. The van der Waals surface area contributed by atoms with Crippen LogP contribution in [-0.2, 0) is 9.53 Å². The third-order valence-electron chi connectivity index (χ3n) is 5.52. The van der Waals surface area contributed by atoms with E-state index in [9.17, 15) is 9.59 Å². The first-order chi connectivity index (χ1) is 14.1. The van der Waals surface area contributed by atoms with Gasteiger partial charge in [-0.1, -0.05) is 6.07 Å². The van der Waals surface area contributed by atoms with Crippen LogP contribution < -0.4 is 15.5 Å². The zero-order valence-corrected chi connectivity index (χ0v) is 16.7. The second-order valence-electron chi connectivity index (χ2n) is 7.72. The van der Waals surface area contributed by atoms with E-state index in [0.717, 1.165) is 37.2 Å². The fourth-order valence-corrected chi connectivity index (χ4v) is 3.99. The van der Waals surface area contributed by atoms with Gasteiger partial charge in [-0.2, -0.15) is 0 Å². The molecule has 4 rings (SSSR count). The normalized spacial score (nSPS) is 18.7. The molecule has 29 heavy (non-hydrogen) atoms. The second-order valence-corrected chi connectivity index (χ2v) is 7.72. The highest BCUT2D eigenvalue weighted by Crippen LogP contribution is 2.27. The smallest absolute Gasteiger partial charge is 0.255 e. The van der Waals surface area contributed by atoms with Crippen LogP contribution in [0.3, 0.4) is 0 Å². The van der Waals surface area contributed by atoms with Crippen molar-refractivity contribution in [2.24, 2.45) is 0 Å². The molecule has 0 aromatic heterocycles. The molecule has 152 valence electrons. The van der Waals surface area contributed by atoms with Crippen LogP contribution in [0.25, 0.3) is 0 Å². The van der Waals surface area contributed by atoms with Crippen molar-refractivity contribution in [3.63, 3.8) is 0 Å². The standard InChI is InChI=1S/C23H27N3O3/c1-16-14-19(9-10-20(16)26-11-2-3-12-26)24-22(27)17-6-4-7-18(15-17)25-23(28)21-8-5-13-29-21/h4,6-7,9-10,14-15,21H,2-3,5,8,11-13H2,1H3,(H,24,27)(H,25,28). The summed E-state index contributed by atoms with van der Waals surface area (Å²) in [6, 6.07) is 13.0. The number of nitrogens with one attached hydrogen (secondary N) is 2. The van der Waals surface area contributed by atoms with Gasteiger partial charge in [-0.3, -0.25) is 9.59 Å². The quantitative estimate of drug-likeness (QED) is 0.807. The molecule has 2 N–H and O–H groups in total. The zero-order chi connectivity index (χ0) is 20.2. The molecule has 0 aliphatic carbocycles. The Morgan fingerprint density at radius 3 is 2.52 bits per heavy atom. The van der Waals surface area contributed by atoms with Crippen molar-refractivity contribution in [2.75, 3.05) is 35.2 Å². The maximum atomic E-state index is 12.7. The van der Waals surface area contributed by atoms with Gasteiger partial charge in [-0.25, -0.2) is 0 Å². The number of rotatable bonds is 5. The van der Waals surface area contributed by atoms with E-state index >= 15 is 0 Å². The largest absolute Gasteiger partial charge is 0.371 e. The first-order valence-corrected chi connectivity index (χ1v) is 10.3. The van der Waals surface area contributed by atoms with E-state index in [1.165, 1.54) is 18.5 Å². The first-order valence-electron chi connectivity index (χ1n) is 10.3. The number of carbonyl (C=O) groups is 2. The molecule has 2 heterocycles. The van der Waals surface area contributed by atoms with Crippen LogP contribution in [0, 0.1) is 6.92 Å². The molecular formula is C23H27N3O3. The van der Waals surface area contributed by atoms with E-state index in [-0.39, 0.29) is 11.8 Å². The van der Waals surface area contributed by atoms with Gasteiger partial charge in [0, 0.05) is 42.3 Å². The van der Waals surface area contributed by atoms with E-state index in [4.69, 9.17) is 4.74 Å². The second kappa shape index (κ2) is 8.66. The molecule has 2 aliphatic heterocycles. The van der Waals surface area contributed by atoms with Gasteiger partial charge < -0.3 is 20.3 Å². The Kier molecular flexibility index (Phi) is 5.81. The number of benzene rings is 2. The SMILES string of the molecule is Cc1cc(NC(=O)c2cccc(NC(=O)C3CCCO3)c2)ccc1N1CCCC1. The van der Waals surface area contributed by atoms with Crippen molar-refractivity contribution in [1.82, 2.24) is 0 Å². The Balaban J connectivity index is 1.41. The fraction of sp³-hybridized carbons (Fsp3) is 0.391. The minimum atomic E-state index is -0.399. The molecule has 6 nitrogen and oxygen atoms in total. The molecule has 1 atom stereocenters. The zero-order valence-electron chi connectivity index (χ0n) is 16.7. The number of ether oxygens (including phenoxy) is 1. The lowest BCUT2D eigenvalue weighted by atomic mass is 10.1. The van der Waals surface area contributed by atoms with Gasteiger partial charge >= 0.3 is 0 Å². The van der Waals surface area contributed by atoms with Crippen LogP contribution in [0.1, 0.15) is 41.6 Å². The molecule has 0 spiro atoms. The van der Waals surface area contributed by atoms with E-state index in [0.29, 0.717) is 17.9 Å². The summed E-state index contributed by atoms with van der Waals surface area (Å²) < 4.78 is 5.41. The number of hydrogen-bond acceptors (Lipinski definition) is 4. The van der Waals surface area contributed by atoms with Crippen molar-refractivity contribution in [1.29, 1.82) is 0 Å². The monoisotopic (exact) mass is 393 g/mol. The van der Waals surface area contributed by atoms with Crippen LogP contribution in [0.15, 0.2) is 42.5 Å². The summed E-state index contributed by atoms with van der Waals surface area (Å²) in [6.45, 7) is 4.88. The topological polar surface area (TPSA) is 70.7 Å². The van der Waals surface area contributed by atoms with Gasteiger partial charge in [0.05, 0.1) is 0 Å². The molecular weight excluding hydrogens is 366 g/mol. The van der Waals surface area contributed by atoms with E-state index in [1.54, 1.807) is 24.3 Å². The lowest BCUT2D eigenvalue weighted by Crippen LogP contribution is -2.27. The molecule has 6 heteroatoms. The van der Waals surface area contributed by atoms with Crippen molar-refractivity contribution >= 4 is 28.9 Å². The Labute approximate surface area is 171 Å². The highest BCUT2D eigenvalue weighted by atomic mass is 16.5. The van der Waals surface area contributed by atoms with Crippen molar-refractivity contribution in [2.45, 2.75) is 38.7 Å². The van der Waals surface area contributed by atoms with Gasteiger partial charge in [0.25, 0.3) is 11.8 Å². The third-order valence-corrected chi connectivity index (χ3v) is 5.52. The van der Waals surface area contributed by atoms with Gasteiger partial charge in [0.2, 0.25) is 0 Å². The molecule has 2 saturated heterocycles. The van der Waals surface area contributed by atoms with Gasteiger partial charge in [-0.05, 0) is 74.6 Å². The van der Waals surface area contributed by atoms with Gasteiger partial charge in [0.1, 0.15) is 6.10 Å². The molecule has 2 aliphatic rings. The van der Waals surface area contributed by atoms with Crippen molar-refractivity contribution in [3.05, 3.63) is 53.6 Å². The van der Waals surface area contributed by atoms with Gasteiger partial charge in [-0.15, -0.1) is 0 Å². The average Bonchev–Trinajstić information content (AvgIpc) is 3.42. The fourth-order valence-electron chi connectivity index (χ4n) is 3.99. The maximum absolute atomic E-state index is 12.7. The predicted molar refractivity (Wildman–Crippen MR) is 115 cm³/mol. The lowest BCUT2D eigenvalue weighted by Gasteiger charge is -2.20. The highest BCUT2D eigenvalue weighted by molar-refractivity contribution is 6.05. The van der Waals surface area contributed by atoms with Crippen molar-refractivity contribution < 1.29 is 14.3 Å². The van der Waals surface area contributed by atoms with Crippen LogP contribution >= 0.6 is 0 Å². The van der Waals surface area contributed by atoms with Crippen LogP contribution in [0.5, 0.6) is 0 Å². The minimum absolute atomic E-state index is 0.159. The molecule has 2 aromatic rings. The summed E-state index contributed by atoms with van der Waals surface area (Å²) >= 11 is 0. The first kappa shape index (κ1) is 19.5. The molecule has 2 amide bonds. The molecule has 0 radical (unpaired) electrons.